The molecule has 0 heterocycles. The van der Waals surface area contributed by atoms with Gasteiger partial charge in [-0.15, -0.1) is 0 Å². The van der Waals surface area contributed by atoms with Crippen molar-refractivity contribution in [1.29, 1.82) is 0 Å². The van der Waals surface area contributed by atoms with Crippen LogP contribution in [-0.4, -0.2) is 39.6 Å². The summed E-state index contributed by atoms with van der Waals surface area (Å²) in [6.45, 7) is 0. The molecule has 0 saturated heterocycles. The van der Waals surface area contributed by atoms with Gasteiger partial charge in [0.25, 0.3) is 6.09 Å². The Morgan fingerprint density at radius 3 is 2.47 bits per heavy atom. The molecule has 7 heteroatoms. The smallest absolute Gasteiger partial charge is 0.425 e. The fourth-order valence-corrected chi connectivity index (χ4v) is 2.08. The molecular weight excluding hydrogens is 268 g/mol. The SMILES string of the molecule is COC(=O)S[N+](C)(C(=O)[O-])c1cccc(N(C)C)c1. The maximum Gasteiger partial charge on any atom is 0.425 e. The number of ether oxygens (including phenoxy) is 1. The molecule has 1 rings (SSSR count). The number of hydrogen-bond donors (Lipinski definition) is 0. The number of quaternary nitrogens is 1. The molecule has 1 aromatic rings. The highest BCUT2D eigenvalue weighted by atomic mass is 32.2. The van der Waals surface area contributed by atoms with E-state index in [4.69, 9.17) is 0 Å². The fourth-order valence-electron chi connectivity index (χ4n) is 1.42. The molecular formula is C12H16N2O4S. The minimum absolute atomic E-state index is 0.418. The van der Waals surface area contributed by atoms with Crippen LogP contribution < -0.4 is 13.9 Å². The molecule has 1 amide bonds. The van der Waals surface area contributed by atoms with Gasteiger partial charge in [0.05, 0.1) is 14.2 Å². The van der Waals surface area contributed by atoms with Gasteiger partial charge in [-0.2, -0.15) is 3.89 Å². The van der Waals surface area contributed by atoms with Gasteiger partial charge in [-0.1, -0.05) is 6.07 Å². The maximum atomic E-state index is 11.4. The van der Waals surface area contributed by atoms with E-state index in [1.165, 1.54) is 14.2 Å². The van der Waals surface area contributed by atoms with E-state index < -0.39 is 15.3 Å². The summed E-state index contributed by atoms with van der Waals surface area (Å²) >= 11 is 0.524. The molecule has 6 nitrogen and oxygen atoms in total. The molecule has 0 aromatic heterocycles. The van der Waals surface area contributed by atoms with Gasteiger partial charge in [-0.25, -0.2) is 4.79 Å². The first-order valence-corrected chi connectivity index (χ1v) is 6.22. The van der Waals surface area contributed by atoms with Gasteiger partial charge in [0, 0.05) is 31.9 Å². The maximum absolute atomic E-state index is 11.4. The van der Waals surface area contributed by atoms with Crippen LogP contribution in [0.1, 0.15) is 0 Å². The first kappa shape index (κ1) is 15.3. The monoisotopic (exact) mass is 284 g/mol. The largest absolute Gasteiger partial charge is 0.497 e. The fraction of sp³-hybridized carbons (Fsp3) is 0.333. The Morgan fingerprint density at radius 1 is 1.37 bits per heavy atom. The van der Waals surface area contributed by atoms with Crippen LogP contribution >= 0.6 is 11.9 Å². The summed E-state index contributed by atoms with van der Waals surface area (Å²) in [6.07, 6.45) is -1.40. The van der Waals surface area contributed by atoms with Gasteiger partial charge in [-0.3, -0.25) is 0 Å². The Balaban J connectivity index is 3.22. The number of rotatable bonds is 2. The average Bonchev–Trinajstić information content (AvgIpc) is 2.38. The zero-order chi connectivity index (χ0) is 14.6. The van der Waals surface area contributed by atoms with Crippen molar-refractivity contribution in [3.05, 3.63) is 24.3 Å². The lowest BCUT2D eigenvalue weighted by molar-refractivity contribution is -0.256. The molecule has 19 heavy (non-hydrogen) atoms. The Labute approximate surface area is 116 Å². The summed E-state index contributed by atoms with van der Waals surface area (Å²) in [6, 6.07) is 6.87. The third kappa shape index (κ3) is 3.39. The molecule has 1 unspecified atom stereocenters. The second kappa shape index (κ2) is 5.94. The average molecular weight is 284 g/mol. The van der Waals surface area contributed by atoms with Gasteiger partial charge in [0.2, 0.25) is 11.9 Å². The minimum atomic E-state index is -1.40. The molecule has 0 aliphatic rings. The Hall–Kier alpha value is -1.73. The highest BCUT2D eigenvalue weighted by molar-refractivity contribution is 8.13. The predicted molar refractivity (Wildman–Crippen MR) is 73.9 cm³/mol. The number of nitrogens with zero attached hydrogens (tertiary/aromatic N) is 2. The summed E-state index contributed by atoms with van der Waals surface area (Å²) in [5, 5.41) is 10.7. The van der Waals surface area contributed by atoms with E-state index in [0.717, 1.165) is 5.69 Å². The van der Waals surface area contributed by atoms with Crippen molar-refractivity contribution >= 4 is 34.7 Å². The normalized spacial score (nSPS) is 13.5. The first-order valence-electron chi connectivity index (χ1n) is 5.45. The third-order valence-corrected chi connectivity index (χ3v) is 3.65. The molecule has 0 radical (unpaired) electrons. The lowest BCUT2D eigenvalue weighted by atomic mass is 10.2. The molecule has 1 atom stereocenters. The van der Waals surface area contributed by atoms with Crippen LogP contribution in [0.15, 0.2) is 24.3 Å². The quantitative estimate of drug-likeness (QED) is 0.465. The number of carbonyl (C=O) groups excluding carboxylic acids is 2. The minimum Gasteiger partial charge on any atom is -0.497 e. The molecule has 0 bridgehead atoms. The molecule has 1 aromatic carbocycles. The van der Waals surface area contributed by atoms with E-state index in [1.807, 2.05) is 25.1 Å². The second-order valence-electron chi connectivity index (χ2n) is 4.15. The summed E-state index contributed by atoms with van der Waals surface area (Å²) in [7, 11) is 6.25. The number of carbonyl (C=O) groups is 2. The molecule has 0 N–H and O–H groups in total. The second-order valence-corrected chi connectivity index (χ2v) is 5.40. The van der Waals surface area contributed by atoms with Crippen molar-refractivity contribution in [1.82, 2.24) is 3.89 Å². The number of methoxy groups -OCH3 is 1. The van der Waals surface area contributed by atoms with Crippen LogP contribution in [0.3, 0.4) is 0 Å². The lowest BCUT2D eigenvalue weighted by Crippen LogP contribution is -2.52. The molecule has 104 valence electrons. The van der Waals surface area contributed by atoms with Crippen LogP contribution in [0.2, 0.25) is 0 Å². The van der Waals surface area contributed by atoms with E-state index in [2.05, 4.69) is 4.74 Å². The van der Waals surface area contributed by atoms with Gasteiger partial charge >= 0.3 is 5.30 Å². The van der Waals surface area contributed by atoms with Crippen LogP contribution in [0.5, 0.6) is 0 Å². The van der Waals surface area contributed by atoms with E-state index in [9.17, 15) is 14.7 Å². The van der Waals surface area contributed by atoms with E-state index in [-0.39, 0.29) is 0 Å². The highest BCUT2D eigenvalue weighted by Crippen LogP contribution is 2.33. The number of amides is 1. The van der Waals surface area contributed by atoms with Crippen molar-refractivity contribution < 1.29 is 19.4 Å². The van der Waals surface area contributed by atoms with E-state index >= 15 is 0 Å². The van der Waals surface area contributed by atoms with Gasteiger partial charge in [0.1, 0.15) is 0 Å². The van der Waals surface area contributed by atoms with Gasteiger partial charge in [0.15, 0.2) is 5.69 Å². The van der Waals surface area contributed by atoms with Crippen molar-refractivity contribution in [3.63, 3.8) is 0 Å². The zero-order valence-electron chi connectivity index (χ0n) is 11.2. The van der Waals surface area contributed by atoms with Crippen molar-refractivity contribution in [2.75, 3.05) is 33.2 Å². The number of anilines is 1. The summed E-state index contributed by atoms with van der Waals surface area (Å²) in [5.74, 6) is 0. The Bertz CT molecular complexity index is 492. The molecule has 0 saturated carbocycles. The molecule has 0 aliphatic carbocycles. The predicted octanol–water partition coefficient (Wildman–Crippen LogP) is 1.45. The lowest BCUT2D eigenvalue weighted by Gasteiger charge is -2.29. The standard InChI is InChI=1S/C12H16N2O4S/c1-13(2)9-6-5-7-10(8-9)14(3,11(15)16)19-12(17)18-4/h5-8H,1-4H3. The van der Waals surface area contributed by atoms with Crippen molar-refractivity contribution in [2.24, 2.45) is 0 Å². The Kier molecular flexibility index (Phi) is 4.79. The molecule has 0 fully saturated rings. The van der Waals surface area contributed by atoms with Crippen LogP contribution in [0.25, 0.3) is 0 Å². The van der Waals surface area contributed by atoms with Gasteiger partial charge in [-0.05, 0) is 6.07 Å². The first-order chi connectivity index (χ1) is 8.81. The summed E-state index contributed by atoms with van der Waals surface area (Å²) in [4.78, 5) is 24.6. The van der Waals surface area contributed by atoms with E-state index in [1.54, 1.807) is 18.2 Å². The summed E-state index contributed by atoms with van der Waals surface area (Å²) < 4.78 is 3.76. The number of hydrogen-bond acceptors (Lipinski definition) is 6. The Morgan fingerprint density at radius 2 is 2.00 bits per heavy atom. The number of benzene rings is 1. The van der Waals surface area contributed by atoms with Crippen molar-refractivity contribution in [3.8, 4) is 0 Å². The zero-order valence-corrected chi connectivity index (χ0v) is 12.1. The van der Waals surface area contributed by atoms with Crippen LogP contribution in [-0.2, 0) is 4.74 Å². The van der Waals surface area contributed by atoms with E-state index in [0.29, 0.717) is 17.6 Å². The molecule has 0 aliphatic heterocycles. The van der Waals surface area contributed by atoms with Crippen molar-refractivity contribution in [2.45, 2.75) is 0 Å². The molecule has 0 spiro atoms. The van der Waals surface area contributed by atoms with Gasteiger partial charge < -0.3 is 19.5 Å². The summed E-state index contributed by atoms with van der Waals surface area (Å²) in [5.41, 5.74) is 1.25. The highest BCUT2D eigenvalue weighted by Gasteiger charge is 2.35. The van der Waals surface area contributed by atoms with Crippen LogP contribution in [0.4, 0.5) is 21.0 Å². The number of carboxylic acid groups (broad SMARTS) is 1. The third-order valence-electron chi connectivity index (χ3n) is 2.61. The van der Waals surface area contributed by atoms with Crippen LogP contribution in [0, 0.1) is 0 Å². The topological polar surface area (TPSA) is 69.7 Å².